The van der Waals surface area contributed by atoms with Gasteiger partial charge in [0.05, 0.1) is 23.9 Å². The van der Waals surface area contributed by atoms with Gasteiger partial charge in [0.2, 0.25) is 11.9 Å². The van der Waals surface area contributed by atoms with Gasteiger partial charge in [-0.1, -0.05) is 31.7 Å². The summed E-state index contributed by atoms with van der Waals surface area (Å²) in [5, 5.41) is 23.1. The van der Waals surface area contributed by atoms with Gasteiger partial charge in [0, 0.05) is 37.0 Å². The summed E-state index contributed by atoms with van der Waals surface area (Å²) in [5.41, 5.74) is 0.924. The fraction of sp³-hybridized carbons (Fsp3) is 0.526. The third-order valence-electron chi connectivity index (χ3n) is 4.56. The molecule has 0 bridgehead atoms. The highest BCUT2D eigenvalue weighted by Gasteiger charge is 2.22. The molecule has 1 fully saturated rings. The molecule has 1 aromatic carbocycles. The fourth-order valence-electron chi connectivity index (χ4n) is 3.12. The Morgan fingerprint density at radius 2 is 2.07 bits per heavy atom. The van der Waals surface area contributed by atoms with Crippen molar-refractivity contribution < 1.29 is 14.5 Å². The first-order valence-corrected chi connectivity index (χ1v) is 10.8. The summed E-state index contributed by atoms with van der Waals surface area (Å²) < 4.78 is 7.46. The lowest BCUT2D eigenvalue weighted by molar-refractivity contribution is -0.385. The number of thioether (sulfide) groups is 1. The van der Waals surface area contributed by atoms with E-state index in [0.717, 1.165) is 25.6 Å². The van der Waals surface area contributed by atoms with E-state index < -0.39 is 4.92 Å². The first-order chi connectivity index (χ1) is 14.3. The summed E-state index contributed by atoms with van der Waals surface area (Å²) in [6.07, 6.45) is 0. The number of anilines is 2. The van der Waals surface area contributed by atoms with Gasteiger partial charge >= 0.3 is 0 Å². The molecule has 1 aliphatic heterocycles. The third kappa shape index (κ3) is 5.48. The maximum Gasteiger partial charge on any atom is 0.274 e. The Bertz CT molecular complexity index is 910. The van der Waals surface area contributed by atoms with Crippen LogP contribution in [0.2, 0.25) is 0 Å². The van der Waals surface area contributed by atoms with Crippen molar-refractivity contribution in [3.05, 3.63) is 33.9 Å². The van der Waals surface area contributed by atoms with Gasteiger partial charge in [-0.25, -0.2) is 0 Å². The molecule has 1 aromatic heterocycles. The van der Waals surface area contributed by atoms with Crippen LogP contribution in [0.5, 0.6) is 0 Å². The van der Waals surface area contributed by atoms with Crippen LogP contribution in [-0.4, -0.2) is 57.7 Å². The molecule has 0 atom stereocenters. The summed E-state index contributed by atoms with van der Waals surface area (Å²) in [7, 11) is 0. The van der Waals surface area contributed by atoms with Crippen LogP contribution in [0.3, 0.4) is 0 Å². The highest BCUT2D eigenvalue weighted by atomic mass is 32.2. The van der Waals surface area contributed by atoms with E-state index in [1.54, 1.807) is 19.1 Å². The molecule has 10 nitrogen and oxygen atoms in total. The van der Waals surface area contributed by atoms with Crippen molar-refractivity contribution >= 4 is 35.0 Å². The Labute approximate surface area is 179 Å². The molecule has 0 saturated carbocycles. The number of carbonyl (C=O) groups is 1. The summed E-state index contributed by atoms with van der Waals surface area (Å²) in [4.78, 5) is 25.2. The molecule has 162 valence electrons. The maximum atomic E-state index is 12.4. The van der Waals surface area contributed by atoms with Crippen molar-refractivity contribution in [2.24, 2.45) is 5.92 Å². The Balaban J connectivity index is 1.67. The Morgan fingerprint density at radius 1 is 1.33 bits per heavy atom. The lowest BCUT2D eigenvalue weighted by atomic mass is 10.2. The number of amides is 1. The van der Waals surface area contributed by atoms with Gasteiger partial charge in [-0.2, -0.15) is 0 Å². The molecule has 11 heteroatoms. The van der Waals surface area contributed by atoms with Crippen LogP contribution in [0.15, 0.2) is 23.4 Å². The first-order valence-electron chi connectivity index (χ1n) is 9.78. The number of nitro benzene ring substituents is 1. The number of ether oxygens (including phenoxy) is 1. The van der Waals surface area contributed by atoms with Crippen molar-refractivity contribution in [3.63, 3.8) is 0 Å². The van der Waals surface area contributed by atoms with E-state index in [9.17, 15) is 14.9 Å². The second-order valence-electron chi connectivity index (χ2n) is 7.48. The molecule has 0 radical (unpaired) electrons. The monoisotopic (exact) mass is 434 g/mol. The Morgan fingerprint density at radius 3 is 2.73 bits per heavy atom. The molecular weight excluding hydrogens is 408 g/mol. The van der Waals surface area contributed by atoms with Gasteiger partial charge in [-0.3, -0.25) is 19.5 Å². The zero-order valence-corrected chi connectivity index (χ0v) is 18.1. The fourth-order valence-corrected chi connectivity index (χ4v) is 3.86. The summed E-state index contributed by atoms with van der Waals surface area (Å²) >= 11 is 1.30. The predicted octanol–water partition coefficient (Wildman–Crippen LogP) is 2.72. The van der Waals surface area contributed by atoms with Crippen molar-refractivity contribution in [1.82, 2.24) is 14.8 Å². The predicted molar refractivity (Wildman–Crippen MR) is 115 cm³/mol. The first kappa shape index (κ1) is 22.0. The van der Waals surface area contributed by atoms with Crippen LogP contribution in [0, 0.1) is 23.0 Å². The molecule has 1 saturated heterocycles. The molecule has 3 rings (SSSR count). The number of morpholine rings is 1. The zero-order chi connectivity index (χ0) is 21.7. The SMILES string of the molecule is Cc1ccc(NC(=O)CSc2nnc(N3CCOCC3)n2CC(C)C)cc1[N+](=O)[O-]. The molecule has 2 heterocycles. The molecule has 1 aliphatic rings. The highest BCUT2D eigenvalue weighted by Crippen LogP contribution is 2.25. The van der Waals surface area contributed by atoms with Crippen LogP contribution < -0.4 is 10.2 Å². The van der Waals surface area contributed by atoms with Crippen molar-refractivity contribution in [1.29, 1.82) is 0 Å². The van der Waals surface area contributed by atoms with Crippen LogP contribution in [0.4, 0.5) is 17.3 Å². The second kappa shape index (κ2) is 9.90. The number of benzene rings is 1. The number of hydrogen-bond acceptors (Lipinski definition) is 8. The van der Waals surface area contributed by atoms with Gasteiger partial charge in [0.1, 0.15) is 0 Å². The minimum absolute atomic E-state index is 0.0210. The van der Waals surface area contributed by atoms with Gasteiger partial charge in [-0.15, -0.1) is 10.2 Å². The lowest BCUT2D eigenvalue weighted by Gasteiger charge is -2.28. The summed E-state index contributed by atoms with van der Waals surface area (Å²) in [5.74, 6) is 1.05. The van der Waals surface area contributed by atoms with Gasteiger partial charge < -0.3 is 15.0 Å². The minimum atomic E-state index is -0.457. The average molecular weight is 435 g/mol. The van der Waals surface area contributed by atoms with Crippen LogP contribution in [-0.2, 0) is 16.1 Å². The van der Waals surface area contributed by atoms with Crippen molar-refractivity contribution in [2.45, 2.75) is 32.5 Å². The smallest absolute Gasteiger partial charge is 0.274 e. The molecule has 2 aromatic rings. The second-order valence-corrected chi connectivity index (χ2v) is 8.42. The molecule has 0 spiro atoms. The van der Waals surface area contributed by atoms with E-state index in [1.807, 2.05) is 4.57 Å². The minimum Gasteiger partial charge on any atom is -0.378 e. The van der Waals surface area contributed by atoms with Crippen molar-refractivity contribution in [2.75, 3.05) is 42.3 Å². The van der Waals surface area contributed by atoms with E-state index in [1.165, 1.54) is 17.8 Å². The standard InChI is InChI=1S/C19H26N6O4S/c1-13(2)11-24-18(23-6-8-29-9-7-23)21-22-19(24)30-12-17(26)20-15-5-4-14(3)16(10-15)25(27)28/h4-5,10,13H,6-9,11-12H2,1-3H3,(H,20,26). The molecular formula is C19H26N6O4S. The number of nitro groups is 1. The van der Waals surface area contributed by atoms with E-state index in [2.05, 4.69) is 34.3 Å². The van der Waals surface area contributed by atoms with E-state index in [4.69, 9.17) is 4.74 Å². The topological polar surface area (TPSA) is 115 Å². The van der Waals surface area contributed by atoms with E-state index in [0.29, 0.717) is 35.5 Å². The van der Waals surface area contributed by atoms with Gasteiger partial charge in [0.25, 0.3) is 5.69 Å². The summed E-state index contributed by atoms with van der Waals surface area (Å²) in [6.45, 7) is 9.47. The van der Waals surface area contributed by atoms with Crippen LogP contribution in [0.1, 0.15) is 19.4 Å². The van der Waals surface area contributed by atoms with Gasteiger partial charge in [-0.05, 0) is 18.9 Å². The highest BCUT2D eigenvalue weighted by molar-refractivity contribution is 7.99. The zero-order valence-electron chi connectivity index (χ0n) is 17.3. The number of aryl methyl sites for hydroxylation is 1. The normalized spacial score (nSPS) is 14.2. The lowest BCUT2D eigenvalue weighted by Crippen LogP contribution is -2.38. The van der Waals surface area contributed by atoms with Crippen LogP contribution in [0.25, 0.3) is 0 Å². The molecule has 0 unspecified atom stereocenters. The maximum absolute atomic E-state index is 12.4. The number of nitrogens with one attached hydrogen (secondary N) is 1. The van der Waals surface area contributed by atoms with Crippen LogP contribution >= 0.6 is 11.8 Å². The largest absolute Gasteiger partial charge is 0.378 e. The average Bonchev–Trinajstić information content (AvgIpc) is 3.10. The number of aromatic nitrogens is 3. The third-order valence-corrected chi connectivity index (χ3v) is 5.53. The van der Waals surface area contributed by atoms with Gasteiger partial charge in [0.15, 0.2) is 5.16 Å². The number of rotatable bonds is 8. The number of nitrogens with zero attached hydrogens (tertiary/aromatic N) is 5. The number of hydrogen-bond donors (Lipinski definition) is 1. The molecule has 30 heavy (non-hydrogen) atoms. The van der Waals surface area contributed by atoms with E-state index in [-0.39, 0.29) is 17.3 Å². The summed E-state index contributed by atoms with van der Waals surface area (Å²) in [6, 6.07) is 4.65. The quantitative estimate of drug-likeness (QED) is 0.383. The number of carbonyl (C=O) groups excluding carboxylic acids is 1. The molecule has 1 N–H and O–H groups in total. The van der Waals surface area contributed by atoms with Crippen molar-refractivity contribution in [3.8, 4) is 0 Å². The molecule has 1 amide bonds. The molecule has 0 aliphatic carbocycles. The Kier molecular flexibility index (Phi) is 7.27. The Hall–Kier alpha value is -2.66. The van der Waals surface area contributed by atoms with E-state index >= 15 is 0 Å².